The third-order valence-electron chi connectivity index (χ3n) is 5.86. The number of rotatable bonds is 4. The lowest BCUT2D eigenvalue weighted by Crippen LogP contribution is -2.37. The van der Waals surface area contributed by atoms with Gasteiger partial charge in [0.05, 0.1) is 6.10 Å². The Labute approximate surface area is 159 Å². The van der Waals surface area contributed by atoms with Gasteiger partial charge < -0.3 is 24.0 Å². The summed E-state index contributed by atoms with van der Waals surface area (Å²) in [6.07, 6.45) is 3.18. The first-order valence-corrected chi connectivity index (χ1v) is 9.53. The van der Waals surface area contributed by atoms with Gasteiger partial charge in [-0.15, -0.1) is 0 Å². The van der Waals surface area contributed by atoms with Crippen molar-refractivity contribution in [3.8, 4) is 11.5 Å². The quantitative estimate of drug-likeness (QED) is 0.803. The fourth-order valence-corrected chi connectivity index (χ4v) is 4.31. The van der Waals surface area contributed by atoms with Crippen LogP contribution in [0.25, 0.3) is 0 Å². The van der Waals surface area contributed by atoms with Crippen molar-refractivity contribution in [2.45, 2.75) is 25.4 Å². The molecule has 0 unspecified atom stereocenters. The number of likely N-dealkylation sites (N-methyl/N-ethyl adjacent to an activating group) is 1. The zero-order valence-corrected chi connectivity index (χ0v) is 15.8. The lowest BCUT2D eigenvalue weighted by atomic mass is 9.79. The Morgan fingerprint density at radius 3 is 2.81 bits per heavy atom. The Kier molecular flexibility index (Phi) is 4.95. The van der Waals surface area contributed by atoms with Gasteiger partial charge in [-0.05, 0) is 37.0 Å². The van der Waals surface area contributed by atoms with E-state index in [1.165, 1.54) is 0 Å². The van der Waals surface area contributed by atoms with Crippen LogP contribution in [0.15, 0.2) is 18.2 Å². The van der Waals surface area contributed by atoms with E-state index in [0.29, 0.717) is 35.4 Å². The van der Waals surface area contributed by atoms with Crippen LogP contribution in [-0.2, 0) is 9.53 Å². The lowest BCUT2D eigenvalue weighted by Gasteiger charge is -2.32. The maximum atomic E-state index is 13.0. The molecular formula is C20H26N2O5. The summed E-state index contributed by atoms with van der Waals surface area (Å²) < 4.78 is 16.7. The van der Waals surface area contributed by atoms with Crippen molar-refractivity contribution >= 4 is 11.8 Å². The largest absolute Gasteiger partial charge is 0.454 e. The lowest BCUT2D eigenvalue weighted by molar-refractivity contribution is -0.138. The Hall–Kier alpha value is -2.28. The smallest absolute Gasteiger partial charge is 0.254 e. The molecule has 7 heteroatoms. The van der Waals surface area contributed by atoms with Crippen molar-refractivity contribution in [1.29, 1.82) is 0 Å². The second-order valence-electron chi connectivity index (χ2n) is 7.77. The molecule has 1 saturated heterocycles. The average Bonchev–Trinajstić information content (AvgIpc) is 3.31. The summed E-state index contributed by atoms with van der Waals surface area (Å²) in [4.78, 5) is 28.3. The number of carbonyl (C=O) groups excluding carboxylic acids is 2. The summed E-state index contributed by atoms with van der Waals surface area (Å²) in [5.74, 6) is 2.04. The van der Waals surface area contributed by atoms with Crippen LogP contribution in [0.1, 0.15) is 29.6 Å². The summed E-state index contributed by atoms with van der Waals surface area (Å²) >= 11 is 0. The molecule has 7 nitrogen and oxygen atoms in total. The molecule has 4 rings (SSSR count). The van der Waals surface area contributed by atoms with Crippen molar-refractivity contribution in [3.63, 3.8) is 0 Å². The highest BCUT2D eigenvalue weighted by atomic mass is 16.7. The van der Waals surface area contributed by atoms with E-state index in [9.17, 15) is 9.59 Å². The summed E-state index contributed by atoms with van der Waals surface area (Å²) in [5.41, 5.74) is 0.623. The van der Waals surface area contributed by atoms with Crippen LogP contribution in [0.2, 0.25) is 0 Å². The van der Waals surface area contributed by atoms with Crippen LogP contribution < -0.4 is 9.47 Å². The third-order valence-corrected chi connectivity index (χ3v) is 5.86. The number of ether oxygens (including phenoxy) is 3. The number of likely N-dealkylation sites (tertiary alicyclic amines) is 1. The molecule has 0 radical (unpaired) electrons. The van der Waals surface area contributed by atoms with E-state index >= 15 is 0 Å². The summed E-state index contributed by atoms with van der Waals surface area (Å²) in [6.45, 7) is 1.74. The molecule has 1 saturated carbocycles. The van der Waals surface area contributed by atoms with Gasteiger partial charge in [-0.2, -0.15) is 0 Å². The molecule has 2 fully saturated rings. The molecule has 27 heavy (non-hydrogen) atoms. The molecule has 3 aliphatic rings. The van der Waals surface area contributed by atoms with Crippen molar-refractivity contribution in [1.82, 2.24) is 9.80 Å². The number of carbonyl (C=O) groups is 2. The zero-order valence-electron chi connectivity index (χ0n) is 15.8. The number of amides is 2. The van der Waals surface area contributed by atoms with Gasteiger partial charge in [-0.3, -0.25) is 9.59 Å². The van der Waals surface area contributed by atoms with Crippen LogP contribution in [0.3, 0.4) is 0 Å². The van der Waals surface area contributed by atoms with Crippen molar-refractivity contribution in [2.24, 2.45) is 11.8 Å². The third kappa shape index (κ3) is 3.60. The predicted molar refractivity (Wildman–Crippen MR) is 97.7 cm³/mol. The van der Waals surface area contributed by atoms with Gasteiger partial charge in [-0.1, -0.05) is 6.42 Å². The zero-order chi connectivity index (χ0) is 19.0. The molecule has 1 aromatic carbocycles. The van der Waals surface area contributed by atoms with E-state index < -0.39 is 0 Å². The van der Waals surface area contributed by atoms with E-state index in [2.05, 4.69) is 0 Å². The van der Waals surface area contributed by atoms with Crippen molar-refractivity contribution in [3.05, 3.63) is 23.8 Å². The minimum absolute atomic E-state index is 0.0193. The highest BCUT2D eigenvalue weighted by molar-refractivity contribution is 5.95. The molecule has 1 aliphatic carbocycles. The first-order valence-electron chi connectivity index (χ1n) is 9.53. The minimum Gasteiger partial charge on any atom is -0.454 e. The van der Waals surface area contributed by atoms with Crippen LogP contribution >= 0.6 is 0 Å². The molecule has 2 amide bonds. The number of hydrogen-bond donors (Lipinski definition) is 0. The number of nitrogens with zero attached hydrogens (tertiary/aromatic N) is 2. The van der Waals surface area contributed by atoms with Gasteiger partial charge in [0.2, 0.25) is 12.7 Å². The number of fused-ring (bicyclic) bond motifs is 2. The highest BCUT2D eigenvalue weighted by Crippen LogP contribution is 2.39. The Bertz CT molecular complexity index is 735. The minimum atomic E-state index is -0.0246. The van der Waals surface area contributed by atoms with E-state index in [-0.39, 0.29) is 31.3 Å². The van der Waals surface area contributed by atoms with Crippen LogP contribution in [0, 0.1) is 11.8 Å². The first-order chi connectivity index (χ1) is 13.0. The van der Waals surface area contributed by atoms with E-state index in [1.54, 1.807) is 37.2 Å². The Balaban J connectivity index is 1.41. The SMILES string of the molecule is CN(C)C(=O)CO[C@@H]1CCC[C@@H]2CN(C(=O)c3ccc4c(c3)OCO4)C[C@@H]21. The Morgan fingerprint density at radius 2 is 2.00 bits per heavy atom. The van der Waals surface area contributed by atoms with Gasteiger partial charge in [-0.25, -0.2) is 0 Å². The molecule has 0 bridgehead atoms. The molecule has 0 aromatic heterocycles. The summed E-state index contributed by atoms with van der Waals surface area (Å²) in [7, 11) is 3.47. The van der Waals surface area contributed by atoms with E-state index in [0.717, 1.165) is 25.8 Å². The van der Waals surface area contributed by atoms with Gasteiger partial charge in [0, 0.05) is 38.7 Å². The van der Waals surface area contributed by atoms with Crippen LogP contribution in [0.4, 0.5) is 0 Å². The molecule has 2 aliphatic heterocycles. The average molecular weight is 374 g/mol. The van der Waals surface area contributed by atoms with Crippen LogP contribution in [-0.4, -0.2) is 68.3 Å². The standard InChI is InChI=1S/C20H26N2O5/c1-21(2)19(23)11-25-16-5-3-4-14-9-22(10-15(14)16)20(24)13-6-7-17-18(8-13)27-12-26-17/h6-8,14-16H,3-5,9-12H2,1-2H3/t14-,15+,16-/m1/s1. The first kappa shape index (κ1) is 18.1. The second kappa shape index (κ2) is 7.38. The van der Waals surface area contributed by atoms with Crippen LogP contribution in [0.5, 0.6) is 11.5 Å². The molecule has 0 N–H and O–H groups in total. The molecule has 0 spiro atoms. The van der Waals surface area contributed by atoms with Gasteiger partial charge >= 0.3 is 0 Å². The normalized spacial score (nSPS) is 26.0. The number of hydrogen-bond acceptors (Lipinski definition) is 5. The summed E-state index contributed by atoms with van der Waals surface area (Å²) in [5, 5.41) is 0. The van der Waals surface area contributed by atoms with E-state index in [1.807, 2.05) is 4.90 Å². The molecule has 1 aromatic rings. The number of benzene rings is 1. The molecule has 3 atom stereocenters. The second-order valence-corrected chi connectivity index (χ2v) is 7.77. The maximum Gasteiger partial charge on any atom is 0.254 e. The monoisotopic (exact) mass is 374 g/mol. The van der Waals surface area contributed by atoms with Crippen molar-refractivity contribution < 1.29 is 23.8 Å². The highest BCUT2D eigenvalue weighted by Gasteiger charge is 2.42. The van der Waals surface area contributed by atoms with Gasteiger partial charge in [0.1, 0.15) is 6.61 Å². The fourth-order valence-electron chi connectivity index (χ4n) is 4.31. The topological polar surface area (TPSA) is 68.3 Å². The van der Waals surface area contributed by atoms with Crippen molar-refractivity contribution in [2.75, 3.05) is 40.6 Å². The summed E-state index contributed by atoms with van der Waals surface area (Å²) in [6, 6.07) is 5.34. The maximum absolute atomic E-state index is 13.0. The van der Waals surface area contributed by atoms with E-state index in [4.69, 9.17) is 14.2 Å². The molecular weight excluding hydrogens is 348 g/mol. The fraction of sp³-hybridized carbons (Fsp3) is 0.600. The Morgan fingerprint density at radius 1 is 1.19 bits per heavy atom. The van der Waals surface area contributed by atoms with Gasteiger partial charge in [0.15, 0.2) is 11.5 Å². The predicted octanol–water partition coefficient (Wildman–Crippen LogP) is 1.76. The van der Waals surface area contributed by atoms with Gasteiger partial charge in [0.25, 0.3) is 5.91 Å². The molecule has 2 heterocycles. The molecule has 146 valence electrons.